The Kier molecular flexibility index (Phi) is 8.26. The van der Waals surface area contributed by atoms with E-state index in [0.29, 0.717) is 11.6 Å². The van der Waals surface area contributed by atoms with Gasteiger partial charge in [-0.05, 0) is 63.3 Å². The molecule has 7 nitrogen and oxygen atoms in total. The molecule has 11 heteroatoms. The van der Waals surface area contributed by atoms with Crippen molar-refractivity contribution in [3.05, 3.63) is 41.2 Å². The highest BCUT2D eigenvalue weighted by Gasteiger charge is 2.31. The first-order valence-electron chi connectivity index (χ1n) is 9.22. The number of nitrogens with one attached hydrogen (secondary N) is 1. The summed E-state index contributed by atoms with van der Waals surface area (Å²) in [6, 6.07) is 4.62. The number of rotatable bonds is 8. The van der Waals surface area contributed by atoms with Crippen LogP contribution in [-0.2, 0) is 20.7 Å². The number of carbonyl (C=O) groups excluding carboxylic acids is 2. The van der Waals surface area contributed by atoms with Crippen molar-refractivity contribution in [2.45, 2.75) is 51.2 Å². The minimum absolute atomic E-state index is 0.0464. The van der Waals surface area contributed by atoms with Gasteiger partial charge < -0.3 is 14.8 Å². The van der Waals surface area contributed by atoms with Gasteiger partial charge in [0.2, 0.25) is 0 Å². The molecule has 1 amide bonds. The Morgan fingerprint density at radius 1 is 1.13 bits per heavy atom. The predicted molar refractivity (Wildman–Crippen MR) is 109 cm³/mol. The zero-order valence-electron chi connectivity index (χ0n) is 17.4. The lowest BCUT2D eigenvalue weighted by molar-refractivity contribution is -0.274. The summed E-state index contributed by atoms with van der Waals surface area (Å²) >= 11 is 1.43. The van der Waals surface area contributed by atoms with Gasteiger partial charge in [0.1, 0.15) is 5.75 Å². The number of anilines is 1. The van der Waals surface area contributed by atoms with Gasteiger partial charge >= 0.3 is 12.3 Å². The lowest BCUT2D eigenvalue weighted by atomic mass is 10.1. The van der Waals surface area contributed by atoms with Crippen molar-refractivity contribution >= 4 is 29.3 Å². The second-order valence-electron chi connectivity index (χ2n) is 6.55. The fourth-order valence-electron chi connectivity index (χ4n) is 2.68. The molecule has 0 aliphatic carbocycles. The maximum absolute atomic E-state index is 12.2. The molecule has 0 spiro atoms. The second-order valence-corrected chi connectivity index (χ2v) is 7.33. The van der Waals surface area contributed by atoms with Crippen LogP contribution >= 0.6 is 11.8 Å². The number of ether oxygens (including phenoxy) is 2. The first-order chi connectivity index (χ1) is 14.5. The number of esters is 1. The summed E-state index contributed by atoms with van der Waals surface area (Å²) in [7, 11) is 0. The van der Waals surface area contributed by atoms with Crippen molar-refractivity contribution in [3.8, 4) is 5.75 Å². The Bertz CT molecular complexity index is 913. The SMILES string of the molecule is CSc1nc(C)c(CCC(=O)OC(C)C(=O)Nc2ccc(OC(F)(F)F)cc2)c(C)n1. The van der Waals surface area contributed by atoms with Crippen molar-refractivity contribution in [1.82, 2.24) is 9.97 Å². The molecule has 1 atom stereocenters. The van der Waals surface area contributed by atoms with Crippen molar-refractivity contribution < 1.29 is 32.2 Å². The molecule has 1 unspecified atom stereocenters. The standard InChI is InChI=1S/C20H22F3N3O4S/c1-11-16(12(2)25-19(24-11)31-4)9-10-17(27)29-13(3)18(28)26-14-5-7-15(8-6-14)30-20(21,22)23/h5-8,13H,9-10H2,1-4H3,(H,26,28). The van der Waals surface area contributed by atoms with Crippen LogP contribution < -0.4 is 10.1 Å². The van der Waals surface area contributed by atoms with E-state index in [1.165, 1.54) is 30.8 Å². The van der Waals surface area contributed by atoms with Crippen LogP contribution in [0.25, 0.3) is 0 Å². The molecule has 168 valence electrons. The molecular formula is C20H22F3N3O4S. The number of hydrogen-bond donors (Lipinski definition) is 1. The monoisotopic (exact) mass is 457 g/mol. The Hall–Kier alpha value is -2.82. The van der Waals surface area contributed by atoms with E-state index in [9.17, 15) is 22.8 Å². The molecule has 31 heavy (non-hydrogen) atoms. The lowest BCUT2D eigenvalue weighted by Gasteiger charge is -2.15. The Morgan fingerprint density at radius 3 is 2.23 bits per heavy atom. The molecule has 0 radical (unpaired) electrons. The fraction of sp³-hybridized carbons (Fsp3) is 0.400. The third-order valence-corrected chi connectivity index (χ3v) is 4.74. The summed E-state index contributed by atoms with van der Waals surface area (Å²) in [5.74, 6) is -1.59. The van der Waals surface area contributed by atoms with Gasteiger partial charge in [0.25, 0.3) is 5.91 Å². The van der Waals surface area contributed by atoms with E-state index in [0.717, 1.165) is 29.1 Å². The van der Waals surface area contributed by atoms with Gasteiger partial charge in [0.15, 0.2) is 11.3 Å². The topological polar surface area (TPSA) is 90.4 Å². The van der Waals surface area contributed by atoms with Crippen molar-refractivity contribution in [3.63, 3.8) is 0 Å². The van der Waals surface area contributed by atoms with Gasteiger partial charge in [0.05, 0.1) is 0 Å². The third-order valence-electron chi connectivity index (χ3n) is 4.19. The Balaban J connectivity index is 1.86. The number of amides is 1. The molecule has 0 bridgehead atoms. The van der Waals surface area contributed by atoms with Gasteiger partial charge in [0, 0.05) is 23.5 Å². The number of halogens is 3. The van der Waals surface area contributed by atoms with E-state index in [4.69, 9.17) is 4.74 Å². The van der Waals surface area contributed by atoms with Crippen LogP contribution in [0.15, 0.2) is 29.4 Å². The first kappa shape index (κ1) is 24.4. The molecule has 2 aromatic rings. The minimum atomic E-state index is -4.80. The molecule has 0 saturated heterocycles. The molecule has 1 aromatic heterocycles. The molecule has 0 aliphatic heterocycles. The van der Waals surface area contributed by atoms with Crippen molar-refractivity contribution in [1.29, 1.82) is 0 Å². The molecule has 2 rings (SSSR count). The van der Waals surface area contributed by atoms with Crippen molar-refractivity contribution in [2.24, 2.45) is 0 Å². The number of hydrogen-bond acceptors (Lipinski definition) is 7. The average Bonchev–Trinajstić information content (AvgIpc) is 2.67. The van der Waals surface area contributed by atoms with Gasteiger partial charge in [-0.15, -0.1) is 13.2 Å². The number of benzene rings is 1. The van der Waals surface area contributed by atoms with Crippen LogP contribution in [0.3, 0.4) is 0 Å². The minimum Gasteiger partial charge on any atom is -0.453 e. The Morgan fingerprint density at radius 2 is 1.71 bits per heavy atom. The number of thioether (sulfide) groups is 1. The van der Waals surface area contributed by atoms with Crippen LogP contribution in [0.2, 0.25) is 0 Å². The summed E-state index contributed by atoms with van der Waals surface area (Å²) in [6.07, 6.45) is -3.59. The van der Waals surface area contributed by atoms with Crippen molar-refractivity contribution in [2.75, 3.05) is 11.6 Å². The van der Waals surface area contributed by atoms with Gasteiger partial charge in [-0.2, -0.15) is 0 Å². The molecule has 0 fully saturated rings. The highest BCUT2D eigenvalue weighted by Crippen LogP contribution is 2.24. The zero-order chi connectivity index (χ0) is 23.2. The summed E-state index contributed by atoms with van der Waals surface area (Å²) in [5.41, 5.74) is 2.66. The number of carbonyl (C=O) groups is 2. The summed E-state index contributed by atoms with van der Waals surface area (Å²) in [6.45, 7) is 5.09. The quantitative estimate of drug-likeness (QED) is 0.361. The first-order valence-corrected chi connectivity index (χ1v) is 10.4. The maximum atomic E-state index is 12.2. The average molecular weight is 457 g/mol. The van der Waals surface area contributed by atoms with Crippen LogP contribution in [0, 0.1) is 13.8 Å². The number of aryl methyl sites for hydroxylation is 2. The lowest BCUT2D eigenvalue weighted by Crippen LogP contribution is -2.30. The number of nitrogens with zero attached hydrogens (tertiary/aromatic N) is 2. The number of aromatic nitrogens is 2. The summed E-state index contributed by atoms with van der Waals surface area (Å²) in [5, 5.41) is 3.12. The highest BCUT2D eigenvalue weighted by molar-refractivity contribution is 7.98. The van der Waals surface area contributed by atoms with Gasteiger partial charge in [-0.25, -0.2) is 9.97 Å². The maximum Gasteiger partial charge on any atom is 0.573 e. The van der Waals surface area contributed by atoms with E-state index in [1.54, 1.807) is 0 Å². The largest absolute Gasteiger partial charge is 0.573 e. The normalized spacial score (nSPS) is 12.2. The van der Waals surface area contributed by atoms with Crippen LogP contribution in [-0.4, -0.2) is 40.6 Å². The second kappa shape index (κ2) is 10.5. The predicted octanol–water partition coefficient (Wildman–Crippen LogP) is 4.22. The van der Waals surface area contributed by atoms with E-state index < -0.39 is 30.1 Å². The van der Waals surface area contributed by atoms with Crippen LogP contribution in [0.4, 0.5) is 18.9 Å². The Labute approximate surface area is 181 Å². The number of alkyl halides is 3. The highest BCUT2D eigenvalue weighted by atomic mass is 32.2. The molecule has 1 N–H and O–H groups in total. The summed E-state index contributed by atoms with van der Waals surface area (Å²) < 4.78 is 45.5. The smallest absolute Gasteiger partial charge is 0.453 e. The van der Waals surface area contributed by atoms with E-state index in [2.05, 4.69) is 20.0 Å². The van der Waals surface area contributed by atoms with E-state index in [-0.39, 0.29) is 12.1 Å². The molecular weight excluding hydrogens is 435 g/mol. The molecule has 1 heterocycles. The fourth-order valence-corrected chi connectivity index (χ4v) is 3.14. The van der Waals surface area contributed by atoms with Gasteiger partial charge in [-0.3, -0.25) is 9.59 Å². The zero-order valence-corrected chi connectivity index (χ0v) is 18.2. The summed E-state index contributed by atoms with van der Waals surface area (Å²) in [4.78, 5) is 33.0. The van der Waals surface area contributed by atoms with Gasteiger partial charge in [-0.1, -0.05) is 11.8 Å². The van der Waals surface area contributed by atoms with E-state index in [1.807, 2.05) is 20.1 Å². The molecule has 0 saturated carbocycles. The van der Waals surface area contributed by atoms with E-state index >= 15 is 0 Å². The van der Waals surface area contributed by atoms with Crippen LogP contribution in [0.5, 0.6) is 5.75 Å². The molecule has 1 aromatic carbocycles. The molecule has 0 aliphatic rings. The van der Waals surface area contributed by atoms with Crippen LogP contribution in [0.1, 0.15) is 30.3 Å². The third kappa shape index (κ3) is 7.74.